The number of aliphatic carboxylic acids is 1. The van der Waals surface area contributed by atoms with Gasteiger partial charge >= 0.3 is 28.0 Å². The minimum atomic E-state index is -4.49. The Balaban J connectivity index is 1.79. The van der Waals surface area contributed by atoms with Crippen molar-refractivity contribution in [2.24, 2.45) is 11.7 Å². The molecule has 3 rings (SSSR count). The Labute approximate surface area is 288 Å². The third-order valence-electron chi connectivity index (χ3n) is 7.23. The lowest BCUT2D eigenvalue weighted by molar-refractivity contribution is -0.149. The van der Waals surface area contributed by atoms with Crippen LogP contribution >= 0.6 is 0 Å². The second-order valence-corrected chi connectivity index (χ2v) is 13.3. The van der Waals surface area contributed by atoms with E-state index in [2.05, 4.69) is 10.6 Å². The Hall–Kier alpha value is -5.48. The minimum absolute atomic E-state index is 0.0261. The molecule has 0 saturated carbocycles. The van der Waals surface area contributed by atoms with Crippen molar-refractivity contribution in [3.8, 4) is 11.5 Å². The van der Waals surface area contributed by atoms with Gasteiger partial charge in [0.25, 0.3) is 0 Å². The number of carbonyl (C=O) groups is 5. The van der Waals surface area contributed by atoms with Crippen LogP contribution in [0.5, 0.6) is 11.5 Å². The Kier molecular flexibility index (Phi) is 13.9. The maximum atomic E-state index is 13.6. The van der Waals surface area contributed by atoms with E-state index in [1.165, 1.54) is 24.3 Å². The second-order valence-electron chi connectivity index (χ2n) is 11.8. The summed E-state index contributed by atoms with van der Waals surface area (Å²) in [6, 6.07) is 13.3. The summed E-state index contributed by atoms with van der Waals surface area (Å²) in [4.78, 5) is 61.2. The number of amides is 2. The van der Waals surface area contributed by atoms with Gasteiger partial charge in [-0.05, 0) is 54.2 Å². The Morgan fingerprint density at radius 1 is 0.840 bits per heavy atom. The van der Waals surface area contributed by atoms with E-state index in [-0.39, 0.29) is 44.0 Å². The molecule has 0 unspecified atom stereocenters. The van der Waals surface area contributed by atoms with Crippen LogP contribution in [-0.4, -0.2) is 71.6 Å². The fourth-order valence-corrected chi connectivity index (χ4v) is 5.58. The van der Waals surface area contributed by atoms with Crippen molar-refractivity contribution >= 4 is 39.8 Å². The van der Waals surface area contributed by atoms with E-state index in [1.807, 2.05) is 19.9 Å². The predicted octanol–water partition coefficient (Wildman–Crippen LogP) is 2.35. The number of ether oxygens (including phenoxy) is 1. The van der Waals surface area contributed by atoms with Crippen molar-refractivity contribution in [3.63, 3.8) is 0 Å². The predicted molar refractivity (Wildman–Crippen MR) is 177 cm³/mol. The van der Waals surface area contributed by atoms with Gasteiger partial charge in [0.15, 0.2) is 0 Å². The number of hydrogen-bond acceptors (Lipinski definition) is 11. The van der Waals surface area contributed by atoms with Gasteiger partial charge in [0.05, 0.1) is 6.04 Å². The van der Waals surface area contributed by atoms with Gasteiger partial charge in [-0.2, -0.15) is 8.42 Å². The van der Waals surface area contributed by atoms with Crippen LogP contribution in [0.3, 0.4) is 0 Å². The minimum Gasteiger partial charge on any atom is -0.507 e. The number of nitrogens with two attached hydrogens (primary N) is 1. The van der Waals surface area contributed by atoms with E-state index in [4.69, 9.17) is 24.9 Å². The van der Waals surface area contributed by atoms with Gasteiger partial charge < -0.3 is 40.6 Å². The quantitative estimate of drug-likeness (QED) is 0.0819. The summed E-state index contributed by atoms with van der Waals surface area (Å²) in [5, 5.41) is 33.1. The van der Waals surface area contributed by atoms with Gasteiger partial charge in [0.1, 0.15) is 40.6 Å². The molecule has 2 amide bonds. The summed E-state index contributed by atoms with van der Waals surface area (Å²) >= 11 is 0. The molecule has 3 aromatic carbocycles. The van der Waals surface area contributed by atoms with Gasteiger partial charge in [-0.15, -0.1) is 0 Å². The van der Waals surface area contributed by atoms with E-state index in [0.29, 0.717) is 5.56 Å². The van der Waals surface area contributed by atoms with Crippen molar-refractivity contribution in [3.05, 3.63) is 89.5 Å². The number of rotatable bonds is 18. The third kappa shape index (κ3) is 11.9. The van der Waals surface area contributed by atoms with Crippen molar-refractivity contribution in [1.29, 1.82) is 0 Å². The number of phenols is 1. The van der Waals surface area contributed by atoms with Crippen LogP contribution in [-0.2, 0) is 47.1 Å². The van der Waals surface area contributed by atoms with Crippen LogP contribution in [0.2, 0.25) is 0 Å². The number of carboxylic acids is 2. The lowest BCUT2D eigenvalue weighted by atomic mass is 10.0. The molecule has 0 aliphatic rings. The monoisotopic (exact) mass is 713 g/mol. The van der Waals surface area contributed by atoms with E-state index in [1.54, 1.807) is 24.3 Å². The first-order valence-electron chi connectivity index (χ1n) is 15.4. The number of carbonyl (C=O) groups excluding carboxylic acids is 3. The molecule has 50 heavy (non-hydrogen) atoms. The van der Waals surface area contributed by atoms with Crippen molar-refractivity contribution in [2.45, 2.75) is 69.2 Å². The molecule has 0 spiro atoms. The molecule has 0 fully saturated rings. The summed E-state index contributed by atoms with van der Waals surface area (Å²) in [7, 11) is -4.49. The van der Waals surface area contributed by atoms with Crippen LogP contribution in [0.1, 0.15) is 54.6 Å². The SMILES string of the molecule is CC(C)C[C@H](NC(=O)[C@H](Cc1ccc(OS(=O)(=O)c2ccc(C(=O)O)c(O)c2)cc1)NC(=O)[C@@H](N)CCC(=O)O)C(=O)OCc1ccccc1. The summed E-state index contributed by atoms with van der Waals surface area (Å²) in [6.45, 7) is 3.67. The largest absolute Gasteiger partial charge is 0.507 e. The summed E-state index contributed by atoms with van der Waals surface area (Å²) < 4.78 is 36.1. The number of hydrogen-bond donors (Lipinski definition) is 6. The van der Waals surface area contributed by atoms with Gasteiger partial charge in [0, 0.05) is 18.9 Å². The number of aromatic carboxylic acids is 1. The number of carboxylic acid groups (broad SMARTS) is 2. The van der Waals surface area contributed by atoms with Gasteiger partial charge in [-0.25, -0.2) is 9.59 Å². The number of aromatic hydroxyl groups is 1. The highest BCUT2D eigenvalue weighted by Crippen LogP contribution is 2.25. The van der Waals surface area contributed by atoms with Gasteiger partial charge in [-0.1, -0.05) is 56.3 Å². The first kappa shape index (κ1) is 39.0. The Morgan fingerprint density at radius 3 is 2.06 bits per heavy atom. The maximum absolute atomic E-state index is 13.6. The molecule has 16 heteroatoms. The second kappa shape index (κ2) is 17.8. The maximum Gasteiger partial charge on any atom is 0.339 e. The normalized spacial score (nSPS) is 13.0. The zero-order valence-corrected chi connectivity index (χ0v) is 28.1. The number of esters is 1. The van der Waals surface area contributed by atoms with Crippen LogP contribution in [0, 0.1) is 5.92 Å². The van der Waals surface area contributed by atoms with Crippen LogP contribution in [0.15, 0.2) is 77.7 Å². The lowest BCUT2D eigenvalue weighted by Gasteiger charge is -2.25. The van der Waals surface area contributed by atoms with Crippen molar-refractivity contribution < 1.29 is 56.6 Å². The standard InChI is InChI=1S/C34H39N3O12S/c1-20(2)16-28(34(45)48-19-22-6-4-3-5-7-22)37-32(42)27(36-31(41)26(35)14-15-30(39)40)17-21-8-10-23(11-9-21)49-50(46,47)24-12-13-25(33(43)44)29(38)18-24/h3-13,18,20,26-28,38H,14-17,19,35H2,1-2H3,(H,36,41)(H,37,42)(H,39,40)(H,43,44)/t26-,27-,28-/m0/s1. The molecular weight excluding hydrogens is 674 g/mol. The van der Waals surface area contributed by atoms with Crippen molar-refractivity contribution in [2.75, 3.05) is 0 Å². The van der Waals surface area contributed by atoms with E-state index in [0.717, 1.165) is 23.8 Å². The zero-order chi connectivity index (χ0) is 37.0. The molecule has 0 aliphatic heterocycles. The Bertz CT molecular complexity index is 1780. The van der Waals surface area contributed by atoms with E-state index >= 15 is 0 Å². The third-order valence-corrected chi connectivity index (χ3v) is 8.47. The highest BCUT2D eigenvalue weighted by molar-refractivity contribution is 7.87. The van der Waals surface area contributed by atoms with Crippen LogP contribution in [0.25, 0.3) is 0 Å². The fraction of sp³-hybridized carbons (Fsp3) is 0.324. The van der Waals surface area contributed by atoms with Crippen LogP contribution < -0.4 is 20.6 Å². The number of benzene rings is 3. The first-order chi connectivity index (χ1) is 23.5. The molecule has 268 valence electrons. The molecular formula is C34H39N3O12S. The Morgan fingerprint density at radius 2 is 1.48 bits per heavy atom. The highest BCUT2D eigenvalue weighted by Gasteiger charge is 2.30. The molecule has 0 radical (unpaired) electrons. The zero-order valence-electron chi connectivity index (χ0n) is 27.3. The number of nitrogens with one attached hydrogen (secondary N) is 2. The highest BCUT2D eigenvalue weighted by atomic mass is 32.2. The molecule has 0 aromatic heterocycles. The van der Waals surface area contributed by atoms with E-state index in [9.17, 15) is 37.5 Å². The summed E-state index contributed by atoms with van der Waals surface area (Å²) in [5.74, 6) is -5.82. The molecule has 0 saturated heterocycles. The average molecular weight is 714 g/mol. The molecule has 7 N–H and O–H groups in total. The smallest absolute Gasteiger partial charge is 0.339 e. The van der Waals surface area contributed by atoms with Crippen molar-refractivity contribution in [1.82, 2.24) is 10.6 Å². The summed E-state index contributed by atoms with van der Waals surface area (Å²) in [5.41, 5.74) is 6.54. The molecule has 0 bridgehead atoms. The molecule has 3 aromatic rings. The molecule has 0 heterocycles. The van der Waals surface area contributed by atoms with Gasteiger partial charge in [-0.3, -0.25) is 14.4 Å². The molecule has 0 aliphatic carbocycles. The molecule has 3 atom stereocenters. The average Bonchev–Trinajstić information content (AvgIpc) is 3.06. The topological polar surface area (TPSA) is 249 Å². The van der Waals surface area contributed by atoms with E-state index < -0.39 is 74.2 Å². The fourth-order valence-electron chi connectivity index (χ4n) is 4.62. The van der Waals surface area contributed by atoms with Gasteiger partial charge in [0.2, 0.25) is 11.8 Å². The first-order valence-corrected chi connectivity index (χ1v) is 16.8. The molecule has 15 nitrogen and oxygen atoms in total. The summed E-state index contributed by atoms with van der Waals surface area (Å²) in [6.07, 6.45) is -0.527. The lowest BCUT2D eigenvalue weighted by Crippen LogP contribution is -2.55. The van der Waals surface area contributed by atoms with Crippen LogP contribution in [0.4, 0.5) is 0 Å².